The summed E-state index contributed by atoms with van der Waals surface area (Å²) in [5.74, 6) is 0. The SMILES string of the molecule is CCCCn1ccc(N2CCC(OCCF)(c3ccccc3)CC2)c(N)c1=O. The van der Waals surface area contributed by atoms with E-state index < -0.39 is 12.3 Å². The van der Waals surface area contributed by atoms with Crippen LogP contribution in [0.4, 0.5) is 15.8 Å². The molecular weight excluding hydrogens is 357 g/mol. The van der Waals surface area contributed by atoms with Crippen molar-refractivity contribution >= 4 is 11.4 Å². The van der Waals surface area contributed by atoms with Gasteiger partial charge in [0.05, 0.1) is 17.9 Å². The van der Waals surface area contributed by atoms with Crippen molar-refractivity contribution in [2.24, 2.45) is 0 Å². The molecule has 28 heavy (non-hydrogen) atoms. The minimum absolute atomic E-state index is 0.0878. The Morgan fingerprint density at radius 2 is 1.89 bits per heavy atom. The van der Waals surface area contributed by atoms with Crippen LogP contribution in [0.15, 0.2) is 47.4 Å². The zero-order chi connectivity index (χ0) is 20.0. The maximum absolute atomic E-state index is 12.8. The summed E-state index contributed by atoms with van der Waals surface area (Å²) in [5, 5.41) is 0. The van der Waals surface area contributed by atoms with Crippen molar-refractivity contribution in [1.82, 2.24) is 4.57 Å². The third-order valence-electron chi connectivity index (χ3n) is 5.60. The van der Waals surface area contributed by atoms with E-state index in [4.69, 9.17) is 10.5 Å². The molecule has 0 spiro atoms. The highest BCUT2D eigenvalue weighted by Crippen LogP contribution is 2.38. The van der Waals surface area contributed by atoms with E-state index in [0.29, 0.717) is 25.3 Å². The minimum atomic E-state index is -0.499. The fourth-order valence-electron chi connectivity index (χ4n) is 3.96. The summed E-state index contributed by atoms with van der Waals surface area (Å²) in [6, 6.07) is 11.9. The number of nitrogens with two attached hydrogens (primary N) is 1. The number of anilines is 2. The van der Waals surface area contributed by atoms with E-state index in [9.17, 15) is 9.18 Å². The average Bonchev–Trinajstić information content (AvgIpc) is 2.74. The first-order valence-electron chi connectivity index (χ1n) is 10.1. The number of hydrogen-bond donors (Lipinski definition) is 1. The van der Waals surface area contributed by atoms with Crippen LogP contribution >= 0.6 is 0 Å². The van der Waals surface area contributed by atoms with Gasteiger partial charge in [-0.2, -0.15) is 0 Å². The van der Waals surface area contributed by atoms with E-state index in [0.717, 1.165) is 36.9 Å². The number of rotatable bonds is 8. The molecule has 0 radical (unpaired) electrons. The number of aryl methyl sites for hydroxylation is 1. The number of nitrogen functional groups attached to an aromatic ring is 1. The molecule has 0 atom stereocenters. The third kappa shape index (κ3) is 4.22. The maximum Gasteiger partial charge on any atom is 0.275 e. The summed E-state index contributed by atoms with van der Waals surface area (Å²) < 4.78 is 20.5. The molecule has 2 N–H and O–H groups in total. The maximum atomic E-state index is 12.8. The monoisotopic (exact) mass is 387 g/mol. The van der Waals surface area contributed by atoms with Crippen LogP contribution < -0.4 is 16.2 Å². The fourth-order valence-corrected chi connectivity index (χ4v) is 3.96. The van der Waals surface area contributed by atoms with Crippen molar-refractivity contribution in [2.75, 3.05) is 37.0 Å². The van der Waals surface area contributed by atoms with E-state index in [1.165, 1.54) is 0 Å². The first-order valence-corrected chi connectivity index (χ1v) is 10.1. The van der Waals surface area contributed by atoms with E-state index in [2.05, 4.69) is 11.8 Å². The molecule has 0 saturated carbocycles. The zero-order valence-corrected chi connectivity index (χ0v) is 16.6. The standard InChI is InChI=1S/C22H30FN3O2/c1-2-3-13-26-14-9-19(20(24)21(26)27)25-15-10-22(11-16-25,28-17-12-23)18-7-5-4-6-8-18/h4-9,14H,2-3,10-13,15-17,24H2,1H3. The van der Waals surface area contributed by atoms with Crippen LogP contribution in [0.1, 0.15) is 38.2 Å². The van der Waals surface area contributed by atoms with Crippen molar-refractivity contribution in [1.29, 1.82) is 0 Å². The van der Waals surface area contributed by atoms with Crippen LogP contribution in [0, 0.1) is 0 Å². The number of hydrogen-bond acceptors (Lipinski definition) is 4. The summed E-state index contributed by atoms with van der Waals surface area (Å²) in [6.45, 7) is 3.77. The highest BCUT2D eigenvalue weighted by molar-refractivity contribution is 5.66. The summed E-state index contributed by atoms with van der Waals surface area (Å²) in [5.41, 5.74) is 7.73. The van der Waals surface area contributed by atoms with Gasteiger partial charge in [0.1, 0.15) is 12.4 Å². The molecule has 1 aromatic heterocycles. The molecule has 6 heteroatoms. The van der Waals surface area contributed by atoms with E-state index in [1.54, 1.807) is 4.57 Å². The molecule has 0 aliphatic carbocycles. The predicted molar refractivity (Wildman–Crippen MR) is 112 cm³/mol. The van der Waals surface area contributed by atoms with Gasteiger partial charge in [-0.05, 0) is 30.9 Å². The molecule has 152 valence electrons. The van der Waals surface area contributed by atoms with Gasteiger partial charge in [-0.25, -0.2) is 4.39 Å². The molecular formula is C22H30FN3O2. The number of ether oxygens (including phenoxy) is 1. The fraction of sp³-hybridized carbons (Fsp3) is 0.500. The molecule has 0 amide bonds. The zero-order valence-electron chi connectivity index (χ0n) is 16.6. The molecule has 2 aromatic rings. The second-order valence-corrected chi connectivity index (χ2v) is 7.35. The third-order valence-corrected chi connectivity index (χ3v) is 5.60. The molecule has 1 aliphatic rings. The van der Waals surface area contributed by atoms with Gasteiger partial charge in [-0.15, -0.1) is 0 Å². The first kappa shape index (κ1) is 20.4. The molecule has 1 saturated heterocycles. The Kier molecular flexibility index (Phi) is 6.73. The Bertz CT molecular complexity index is 814. The Balaban J connectivity index is 1.78. The van der Waals surface area contributed by atoms with Crippen molar-refractivity contribution in [3.63, 3.8) is 0 Å². The van der Waals surface area contributed by atoms with E-state index in [1.807, 2.05) is 42.6 Å². The topological polar surface area (TPSA) is 60.5 Å². The Hall–Kier alpha value is -2.34. The number of aromatic nitrogens is 1. The highest BCUT2D eigenvalue weighted by atomic mass is 19.1. The van der Waals surface area contributed by atoms with Crippen LogP contribution in [0.5, 0.6) is 0 Å². The number of piperidine rings is 1. The van der Waals surface area contributed by atoms with Gasteiger partial charge in [0, 0.05) is 25.8 Å². The molecule has 1 aliphatic heterocycles. The number of pyridine rings is 1. The van der Waals surface area contributed by atoms with Crippen molar-refractivity contribution in [2.45, 2.75) is 44.8 Å². The number of nitrogens with zero attached hydrogens (tertiary/aromatic N) is 2. The van der Waals surface area contributed by atoms with Gasteiger partial charge < -0.3 is 19.9 Å². The lowest BCUT2D eigenvalue weighted by molar-refractivity contribution is -0.0715. The van der Waals surface area contributed by atoms with Crippen LogP contribution in [0.3, 0.4) is 0 Å². The second-order valence-electron chi connectivity index (χ2n) is 7.35. The Labute approximate surface area is 165 Å². The summed E-state index contributed by atoms with van der Waals surface area (Å²) >= 11 is 0. The second kappa shape index (κ2) is 9.24. The summed E-state index contributed by atoms with van der Waals surface area (Å²) in [7, 11) is 0. The van der Waals surface area contributed by atoms with Gasteiger partial charge in [0.2, 0.25) is 0 Å². The molecule has 1 fully saturated rings. The summed E-state index contributed by atoms with van der Waals surface area (Å²) in [6.07, 6.45) is 5.25. The van der Waals surface area contributed by atoms with Gasteiger partial charge in [0.15, 0.2) is 0 Å². The molecule has 0 unspecified atom stereocenters. The number of halogens is 1. The van der Waals surface area contributed by atoms with Crippen LogP contribution in [0.25, 0.3) is 0 Å². The van der Waals surface area contributed by atoms with Crippen molar-refractivity contribution < 1.29 is 9.13 Å². The smallest absolute Gasteiger partial charge is 0.275 e. The van der Waals surface area contributed by atoms with Crippen molar-refractivity contribution in [3.8, 4) is 0 Å². The molecule has 5 nitrogen and oxygen atoms in total. The van der Waals surface area contributed by atoms with Gasteiger partial charge in [-0.3, -0.25) is 4.79 Å². The largest absolute Gasteiger partial charge is 0.393 e. The quantitative estimate of drug-likeness (QED) is 0.750. The van der Waals surface area contributed by atoms with Gasteiger partial charge in [0.25, 0.3) is 5.56 Å². The van der Waals surface area contributed by atoms with Crippen LogP contribution in [0.2, 0.25) is 0 Å². The molecule has 1 aromatic carbocycles. The van der Waals surface area contributed by atoms with Gasteiger partial charge >= 0.3 is 0 Å². The number of alkyl halides is 1. The molecule has 0 bridgehead atoms. The van der Waals surface area contributed by atoms with Crippen LogP contribution in [-0.2, 0) is 16.9 Å². The van der Waals surface area contributed by atoms with E-state index in [-0.39, 0.29) is 12.2 Å². The number of benzene rings is 1. The predicted octanol–water partition coefficient (Wildman–Crippen LogP) is 3.71. The lowest BCUT2D eigenvalue weighted by Gasteiger charge is -2.43. The highest BCUT2D eigenvalue weighted by Gasteiger charge is 2.37. The van der Waals surface area contributed by atoms with Crippen LogP contribution in [-0.4, -0.2) is 30.9 Å². The molecule has 3 rings (SSSR count). The van der Waals surface area contributed by atoms with E-state index >= 15 is 0 Å². The van der Waals surface area contributed by atoms with Crippen molar-refractivity contribution in [3.05, 3.63) is 58.5 Å². The number of unbranched alkanes of at least 4 members (excludes halogenated alkanes) is 1. The minimum Gasteiger partial charge on any atom is -0.393 e. The normalized spacial score (nSPS) is 16.3. The lowest BCUT2D eigenvalue weighted by atomic mass is 9.84. The molecule has 2 heterocycles. The summed E-state index contributed by atoms with van der Waals surface area (Å²) in [4.78, 5) is 14.7. The van der Waals surface area contributed by atoms with Gasteiger partial charge in [-0.1, -0.05) is 43.7 Å². The Morgan fingerprint density at radius 1 is 1.18 bits per heavy atom. The Morgan fingerprint density at radius 3 is 2.54 bits per heavy atom. The average molecular weight is 387 g/mol. The first-order chi connectivity index (χ1) is 13.6. The lowest BCUT2D eigenvalue weighted by Crippen LogP contribution is -2.45.